The second-order valence-corrected chi connectivity index (χ2v) is 4.48. The number of nitro groups is 1. The molecule has 1 aliphatic rings. The summed E-state index contributed by atoms with van der Waals surface area (Å²) in [5, 5.41) is 13.5. The van der Waals surface area contributed by atoms with E-state index >= 15 is 0 Å². The van der Waals surface area contributed by atoms with E-state index in [4.69, 9.17) is 5.73 Å². The lowest BCUT2D eigenvalue weighted by Gasteiger charge is -2.17. The van der Waals surface area contributed by atoms with Gasteiger partial charge in [-0.2, -0.15) is 0 Å². The van der Waals surface area contributed by atoms with Crippen LogP contribution in [0.2, 0.25) is 0 Å². The third kappa shape index (κ3) is 2.65. The molecule has 1 saturated carbocycles. The van der Waals surface area contributed by atoms with Gasteiger partial charge in [0.15, 0.2) is 0 Å². The van der Waals surface area contributed by atoms with Crippen LogP contribution >= 0.6 is 0 Å². The van der Waals surface area contributed by atoms with Crippen LogP contribution in [0, 0.1) is 10.1 Å². The number of benzene rings is 1. The highest BCUT2D eigenvalue weighted by molar-refractivity contribution is 5.95. The molecule has 6 nitrogen and oxygen atoms in total. The molecule has 0 aliphatic heterocycles. The maximum Gasteiger partial charge on any atom is 0.270 e. The van der Waals surface area contributed by atoms with E-state index in [-0.39, 0.29) is 23.7 Å². The van der Waals surface area contributed by atoms with Crippen molar-refractivity contribution < 1.29 is 9.72 Å². The Labute approximate surface area is 104 Å². The second kappa shape index (κ2) is 5.14. The molecule has 0 heterocycles. The Kier molecular flexibility index (Phi) is 3.57. The predicted octanol–water partition coefficient (Wildman–Crippen LogP) is 1.20. The normalized spacial score (nSPS) is 22.7. The molecule has 1 aromatic rings. The molecule has 1 amide bonds. The quantitative estimate of drug-likeness (QED) is 0.621. The summed E-state index contributed by atoms with van der Waals surface area (Å²) < 4.78 is 0. The first-order valence-electron chi connectivity index (χ1n) is 5.89. The fraction of sp³-hybridized carbons (Fsp3) is 0.417. The van der Waals surface area contributed by atoms with E-state index in [0.29, 0.717) is 5.56 Å². The maximum absolute atomic E-state index is 11.9. The van der Waals surface area contributed by atoms with Crippen LogP contribution in [0.3, 0.4) is 0 Å². The highest BCUT2D eigenvalue weighted by Gasteiger charge is 2.25. The van der Waals surface area contributed by atoms with E-state index in [0.717, 1.165) is 19.3 Å². The molecule has 0 saturated heterocycles. The summed E-state index contributed by atoms with van der Waals surface area (Å²) in [5.41, 5.74) is 6.07. The van der Waals surface area contributed by atoms with Gasteiger partial charge in [-0.1, -0.05) is 6.07 Å². The molecule has 1 fully saturated rings. The minimum atomic E-state index is -0.516. The van der Waals surface area contributed by atoms with Crippen molar-refractivity contribution in [1.82, 2.24) is 5.32 Å². The van der Waals surface area contributed by atoms with Crippen molar-refractivity contribution in [3.63, 3.8) is 0 Å². The number of nitrogens with two attached hydrogens (primary N) is 1. The first-order chi connectivity index (χ1) is 8.58. The monoisotopic (exact) mass is 249 g/mol. The molecule has 0 radical (unpaired) electrons. The van der Waals surface area contributed by atoms with E-state index in [1.54, 1.807) is 6.07 Å². The van der Waals surface area contributed by atoms with Crippen LogP contribution < -0.4 is 11.1 Å². The van der Waals surface area contributed by atoms with Crippen molar-refractivity contribution in [1.29, 1.82) is 0 Å². The predicted molar refractivity (Wildman–Crippen MR) is 66.2 cm³/mol. The number of hydrogen-bond acceptors (Lipinski definition) is 4. The van der Waals surface area contributed by atoms with Crippen molar-refractivity contribution >= 4 is 11.6 Å². The Morgan fingerprint density at radius 3 is 2.83 bits per heavy atom. The van der Waals surface area contributed by atoms with Crippen LogP contribution in [-0.2, 0) is 0 Å². The minimum absolute atomic E-state index is 0.0207. The van der Waals surface area contributed by atoms with Crippen LogP contribution in [0.4, 0.5) is 5.69 Å². The summed E-state index contributed by atoms with van der Waals surface area (Å²) in [6.45, 7) is 0. The van der Waals surface area contributed by atoms with Gasteiger partial charge in [-0.15, -0.1) is 0 Å². The summed E-state index contributed by atoms with van der Waals surface area (Å²) >= 11 is 0. The minimum Gasteiger partial charge on any atom is -0.348 e. The molecule has 18 heavy (non-hydrogen) atoms. The molecule has 96 valence electrons. The summed E-state index contributed by atoms with van der Waals surface area (Å²) in [4.78, 5) is 22.0. The van der Waals surface area contributed by atoms with Gasteiger partial charge in [-0.3, -0.25) is 14.9 Å². The largest absolute Gasteiger partial charge is 0.348 e. The summed E-state index contributed by atoms with van der Waals surface area (Å²) in [5.74, 6) is -0.305. The molecule has 3 N–H and O–H groups in total. The van der Waals surface area contributed by atoms with E-state index in [1.165, 1.54) is 18.2 Å². The number of nitrogens with zero attached hydrogens (tertiary/aromatic N) is 1. The molecule has 0 aromatic heterocycles. The van der Waals surface area contributed by atoms with Gasteiger partial charge >= 0.3 is 0 Å². The van der Waals surface area contributed by atoms with Gasteiger partial charge in [0, 0.05) is 29.8 Å². The van der Waals surface area contributed by atoms with Gasteiger partial charge in [0.2, 0.25) is 0 Å². The van der Waals surface area contributed by atoms with Gasteiger partial charge in [-0.05, 0) is 25.3 Å². The average molecular weight is 249 g/mol. The van der Waals surface area contributed by atoms with Crippen molar-refractivity contribution in [2.75, 3.05) is 0 Å². The first kappa shape index (κ1) is 12.5. The Morgan fingerprint density at radius 2 is 2.22 bits per heavy atom. The highest BCUT2D eigenvalue weighted by atomic mass is 16.6. The van der Waals surface area contributed by atoms with Crippen molar-refractivity contribution in [2.24, 2.45) is 5.73 Å². The molecule has 1 aliphatic carbocycles. The number of carbonyl (C=O) groups is 1. The summed E-state index contributed by atoms with van der Waals surface area (Å²) in [6.07, 6.45) is 2.77. The van der Waals surface area contributed by atoms with Gasteiger partial charge in [-0.25, -0.2) is 0 Å². The fourth-order valence-electron chi connectivity index (χ4n) is 2.18. The molecule has 2 rings (SSSR count). The lowest BCUT2D eigenvalue weighted by atomic mass is 10.1. The summed E-state index contributed by atoms with van der Waals surface area (Å²) in [7, 11) is 0. The lowest BCUT2D eigenvalue weighted by Crippen LogP contribution is -2.43. The highest BCUT2D eigenvalue weighted by Crippen LogP contribution is 2.18. The van der Waals surface area contributed by atoms with Crippen molar-refractivity contribution in [3.05, 3.63) is 39.9 Å². The Morgan fingerprint density at radius 1 is 1.44 bits per heavy atom. The van der Waals surface area contributed by atoms with Gasteiger partial charge in [0.1, 0.15) is 0 Å². The van der Waals surface area contributed by atoms with Gasteiger partial charge < -0.3 is 11.1 Å². The SMILES string of the molecule is NC1CCCC1NC(=O)c1cccc([N+](=O)[O-])c1. The molecule has 0 spiro atoms. The van der Waals surface area contributed by atoms with E-state index < -0.39 is 4.92 Å². The molecule has 6 heteroatoms. The van der Waals surface area contributed by atoms with Crippen molar-refractivity contribution in [2.45, 2.75) is 31.3 Å². The molecular weight excluding hydrogens is 234 g/mol. The number of hydrogen-bond donors (Lipinski definition) is 2. The van der Waals surface area contributed by atoms with Crippen LogP contribution in [-0.4, -0.2) is 22.9 Å². The Bertz CT molecular complexity index is 475. The number of nitro benzene ring substituents is 1. The molecule has 2 atom stereocenters. The number of nitrogens with one attached hydrogen (secondary N) is 1. The van der Waals surface area contributed by atoms with E-state index in [9.17, 15) is 14.9 Å². The smallest absolute Gasteiger partial charge is 0.270 e. The molecule has 2 unspecified atom stereocenters. The Balaban J connectivity index is 2.09. The number of amides is 1. The van der Waals surface area contributed by atoms with Gasteiger partial charge in [0.05, 0.1) is 4.92 Å². The zero-order valence-corrected chi connectivity index (χ0v) is 9.83. The third-order valence-electron chi connectivity index (χ3n) is 3.21. The van der Waals surface area contributed by atoms with Crippen LogP contribution in [0.15, 0.2) is 24.3 Å². The molecular formula is C12H15N3O3. The Hall–Kier alpha value is -1.95. The third-order valence-corrected chi connectivity index (χ3v) is 3.21. The number of carbonyl (C=O) groups excluding carboxylic acids is 1. The van der Waals surface area contributed by atoms with Crippen LogP contribution in [0.25, 0.3) is 0 Å². The molecule has 0 bridgehead atoms. The molecule has 1 aromatic carbocycles. The van der Waals surface area contributed by atoms with Gasteiger partial charge in [0.25, 0.3) is 11.6 Å². The average Bonchev–Trinajstić information content (AvgIpc) is 2.75. The van der Waals surface area contributed by atoms with Crippen LogP contribution in [0.5, 0.6) is 0 Å². The summed E-state index contributed by atoms with van der Waals surface area (Å²) in [6, 6.07) is 5.64. The standard InChI is InChI=1S/C12H15N3O3/c13-10-5-2-6-11(10)14-12(16)8-3-1-4-9(7-8)15(17)18/h1,3-4,7,10-11H,2,5-6,13H2,(H,14,16). The second-order valence-electron chi connectivity index (χ2n) is 4.48. The number of non-ortho nitro benzene ring substituents is 1. The maximum atomic E-state index is 11.9. The van der Waals surface area contributed by atoms with Crippen molar-refractivity contribution in [3.8, 4) is 0 Å². The van der Waals surface area contributed by atoms with E-state index in [2.05, 4.69) is 5.32 Å². The first-order valence-corrected chi connectivity index (χ1v) is 5.89. The zero-order chi connectivity index (χ0) is 13.1. The fourth-order valence-corrected chi connectivity index (χ4v) is 2.18. The topological polar surface area (TPSA) is 98.3 Å². The van der Waals surface area contributed by atoms with Crippen LogP contribution in [0.1, 0.15) is 29.6 Å². The zero-order valence-electron chi connectivity index (χ0n) is 9.83. The van der Waals surface area contributed by atoms with E-state index in [1.807, 2.05) is 0 Å². The number of rotatable bonds is 3. The lowest BCUT2D eigenvalue weighted by molar-refractivity contribution is -0.384.